The maximum absolute atomic E-state index is 11.0. The van der Waals surface area contributed by atoms with Crippen molar-refractivity contribution in [1.82, 2.24) is 4.57 Å². The van der Waals surface area contributed by atoms with Crippen molar-refractivity contribution in [1.29, 1.82) is 0 Å². The van der Waals surface area contributed by atoms with Crippen molar-refractivity contribution in [3.05, 3.63) is 35.0 Å². The smallest absolute Gasteiger partial charge is 0.153 e. The molecule has 1 aliphatic carbocycles. The molecule has 2 nitrogen and oxygen atoms in total. The molecule has 0 bridgehead atoms. The predicted molar refractivity (Wildman–Crippen MR) is 60.6 cm³/mol. The summed E-state index contributed by atoms with van der Waals surface area (Å²) in [5, 5.41) is 1.55. The van der Waals surface area contributed by atoms with Gasteiger partial charge in [-0.3, -0.25) is 4.79 Å². The number of para-hydroxylation sites is 1. The topological polar surface area (TPSA) is 22.0 Å². The average molecular weight is 220 g/mol. The van der Waals surface area contributed by atoms with Gasteiger partial charge in [0.25, 0.3) is 0 Å². The van der Waals surface area contributed by atoms with Gasteiger partial charge in [0.05, 0.1) is 11.1 Å². The second kappa shape index (κ2) is 3.11. The van der Waals surface area contributed by atoms with E-state index in [4.69, 9.17) is 11.6 Å². The lowest BCUT2D eigenvalue weighted by atomic mass is 10.2. The Bertz CT molecular complexity index is 540. The summed E-state index contributed by atoms with van der Waals surface area (Å²) in [6.45, 7) is 0. The molecule has 1 saturated carbocycles. The molecule has 76 valence electrons. The molecule has 0 amide bonds. The minimum absolute atomic E-state index is 0.496. The number of hydrogen-bond acceptors (Lipinski definition) is 1. The Morgan fingerprint density at radius 1 is 1.33 bits per heavy atom. The van der Waals surface area contributed by atoms with Gasteiger partial charge in [-0.15, -0.1) is 0 Å². The molecule has 1 fully saturated rings. The first kappa shape index (κ1) is 8.98. The molecule has 1 aliphatic rings. The van der Waals surface area contributed by atoms with E-state index in [1.165, 1.54) is 0 Å². The average Bonchev–Trinajstić information content (AvgIpc) is 3.02. The first-order valence-corrected chi connectivity index (χ1v) is 5.44. The molecule has 0 spiro atoms. The molecule has 0 atom stereocenters. The summed E-state index contributed by atoms with van der Waals surface area (Å²) >= 11 is 6.22. The second-order valence-electron chi connectivity index (χ2n) is 3.94. The minimum atomic E-state index is 0.496. The monoisotopic (exact) mass is 219 g/mol. The number of fused-ring (bicyclic) bond motifs is 1. The zero-order valence-electron chi connectivity index (χ0n) is 8.11. The quantitative estimate of drug-likeness (QED) is 0.710. The molecule has 3 heteroatoms. The highest BCUT2D eigenvalue weighted by atomic mass is 35.5. The number of hydrogen-bond donors (Lipinski definition) is 0. The van der Waals surface area contributed by atoms with Crippen LogP contribution in [-0.2, 0) is 0 Å². The lowest BCUT2D eigenvalue weighted by molar-refractivity contribution is 0.112. The maximum Gasteiger partial charge on any atom is 0.153 e. The van der Waals surface area contributed by atoms with Gasteiger partial charge < -0.3 is 4.57 Å². The van der Waals surface area contributed by atoms with Crippen LogP contribution >= 0.6 is 11.6 Å². The molecule has 1 aromatic heterocycles. The minimum Gasteiger partial charge on any atom is -0.328 e. The van der Waals surface area contributed by atoms with Gasteiger partial charge in [0.1, 0.15) is 5.15 Å². The third-order valence-electron chi connectivity index (χ3n) is 2.92. The molecule has 0 radical (unpaired) electrons. The largest absolute Gasteiger partial charge is 0.328 e. The summed E-state index contributed by atoms with van der Waals surface area (Å²) in [7, 11) is 0. The van der Waals surface area contributed by atoms with E-state index < -0.39 is 0 Å². The van der Waals surface area contributed by atoms with E-state index in [0.717, 1.165) is 30.0 Å². The van der Waals surface area contributed by atoms with E-state index in [9.17, 15) is 4.79 Å². The summed E-state index contributed by atoms with van der Waals surface area (Å²) in [4.78, 5) is 11.0. The van der Waals surface area contributed by atoms with Crippen LogP contribution in [0.5, 0.6) is 0 Å². The van der Waals surface area contributed by atoms with Gasteiger partial charge in [-0.05, 0) is 18.9 Å². The number of nitrogens with zero attached hydrogens (tertiary/aromatic N) is 1. The zero-order chi connectivity index (χ0) is 10.4. The highest BCUT2D eigenvalue weighted by Gasteiger charge is 2.28. The lowest BCUT2D eigenvalue weighted by Gasteiger charge is -2.03. The third kappa shape index (κ3) is 1.21. The maximum atomic E-state index is 11.0. The summed E-state index contributed by atoms with van der Waals surface area (Å²) in [5.74, 6) is 0. The van der Waals surface area contributed by atoms with E-state index in [2.05, 4.69) is 4.57 Å². The van der Waals surface area contributed by atoms with Crippen LogP contribution in [0.1, 0.15) is 29.2 Å². The Hall–Kier alpha value is -1.28. The molecule has 0 unspecified atom stereocenters. The zero-order valence-corrected chi connectivity index (χ0v) is 8.87. The predicted octanol–water partition coefficient (Wildman–Crippen LogP) is 3.44. The van der Waals surface area contributed by atoms with Crippen LogP contribution in [0.4, 0.5) is 0 Å². The molecule has 15 heavy (non-hydrogen) atoms. The van der Waals surface area contributed by atoms with Gasteiger partial charge in [-0.2, -0.15) is 0 Å². The molecule has 3 rings (SSSR count). The Morgan fingerprint density at radius 3 is 2.73 bits per heavy atom. The SMILES string of the molecule is O=Cc1c(Cl)n(C2CC2)c2ccccc12. The molecule has 0 saturated heterocycles. The fourth-order valence-electron chi connectivity index (χ4n) is 2.06. The summed E-state index contributed by atoms with van der Waals surface area (Å²) in [6, 6.07) is 8.38. The second-order valence-corrected chi connectivity index (χ2v) is 4.30. The van der Waals surface area contributed by atoms with Crippen LogP contribution in [0.3, 0.4) is 0 Å². The fourth-order valence-corrected chi connectivity index (χ4v) is 2.44. The number of carbonyl (C=O) groups excluding carboxylic acids is 1. The number of aldehydes is 1. The van der Waals surface area contributed by atoms with Crippen molar-refractivity contribution in [2.45, 2.75) is 18.9 Å². The number of rotatable bonds is 2. The van der Waals surface area contributed by atoms with E-state index in [1.807, 2.05) is 24.3 Å². The first-order valence-electron chi connectivity index (χ1n) is 5.06. The summed E-state index contributed by atoms with van der Waals surface area (Å²) in [6.07, 6.45) is 3.18. The Balaban J connectivity index is 2.41. The van der Waals surface area contributed by atoms with Crippen molar-refractivity contribution in [2.24, 2.45) is 0 Å². The molecule has 1 heterocycles. The Kier molecular flexibility index (Phi) is 1.86. The van der Waals surface area contributed by atoms with Crippen LogP contribution in [0.25, 0.3) is 10.9 Å². The van der Waals surface area contributed by atoms with Crippen LogP contribution in [0.15, 0.2) is 24.3 Å². The highest BCUT2D eigenvalue weighted by molar-refractivity contribution is 6.34. The molecule has 0 aliphatic heterocycles. The summed E-state index contributed by atoms with van der Waals surface area (Å²) in [5.41, 5.74) is 1.70. The van der Waals surface area contributed by atoms with Gasteiger partial charge in [-0.1, -0.05) is 29.8 Å². The molecular weight excluding hydrogens is 210 g/mol. The van der Waals surface area contributed by atoms with Crippen LogP contribution in [0.2, 0.25) is 5.15 Å². The first-order chi connectivity index (χ1) is 7.33. The normalized spacial score (nSPS) is 15.8. The van der Waals surface area contributed by atoms with Crippen molar-refractivity contribution in [2.75, 3.05) is 0 Å². The summed E-state index contributed by atoms with van der Waals surface area (Å²) < 4.78 is 2.08. The molecule has 0 N–H and O–H groups in total. The van der Waals surface area contributed by atoms with Crippen LogP contribution in [-0.4, -0.2) is 10.9 Å². The van der Waals surface area contributed by atoms with E-state index in [1.54, 1.807) is 0 Å². The fraction of sp³-hybridized carbons (Fsp3) is 0.250. The van der Waals surface area contributed by atoms with Crippen molar-refractivity contribution >= 4 is 28.8 Å². The van der Waals surface area contributed by atoms with Crippen molar-refractivity contribution in [3.8, 4) is 0 Å². The van der Waals surface area contributed by atoms with Gasteiger partial charge >= 0.3 is 0 Å². The number of carbonyl (C=O) groups is 1. The third-order valence-corrected chi connectivity index (χ3v) is 3.30. The van der Waals surface area contributed by atoms with Crippen LogP contribution < -0.4 is 0 Å². The lowest BCUT2D eigenvalue weighted by Crippen LogP contribution is -1.93. The Morgan fingerprint density at radius 2 is 2.07 bits per heavy atom. The highest BCUT2D eigenvalue weighted by Crippen LogP contribution is 2.42. The van der Waals surface area contributed by atoms with Crippen LogP contribution in [0, 0.1) is 0 Å². The van der Waals surface area contributed by atoms with Gasteiger partial charge in [0.15, 0.2) is 6.29 Å². The number of aromatic nitrogens is 1. The van der Waals surface area contributed by atoms with E-state index in [-0.39, 0.29) is 0 Å². The standard InChI is InChI=1S/C12H10ClNO/c13-12-10(7-15)9-3-1-2-4-11(9)14(12)8-5-6-8/h1-4,7-8H,5-6H2. The molecular formula is C12H10ClNO. The Labute approximate surface area is 92.5 Å². The van der Waals surface area contributed by atoms with Crippen molar-refractivity contribution < 1.29 is 4.79 Å². The van der Waals surface area contributed by atoms with Gasteiger partial charge in [0.2, 0.25) is 0 Å². The van der Waals surface area contributed by atoms with E-state index >= 15 is 0 Å². The number of benzene rings is 1. The van der Waals surface area contributed by atoms with Crippen molar-refractivity contribution in [3.63, 3.8) is 0 Å². The molecule has 1 aromatic carbocycles. The molecule has 2 aromatic rings. The number of halogens is 1. The van der Waals surface area contributed by atoms with Gasteiger partial charge in [0, 0.05) is 11.4 Å². The van der Waals surface area contributed by atoms with Gasteiger partial charge in [-0.25, -0.2) is 0 Å². The van der Waals surface area contributed by atoms with E-state index in [0.29, 0.717) is 16.8 Å².